The molecule has 1 aromatic carbocycles. The van der Waals surface area contributed by atoms with Gasteiger partial charge in [-0.1, -0.05) is 32.0 Å². The van der Waals surface area contributed by atoms with Crippen LogP contribution in [0.15, 0.2) is 24.3 Å². The largest absolute Gasteiger partial charge is 0.450 e. The van der Waals surface area contributed by atoms with E-state index in [9.17, 15) is 4.79 Å². The number of para-hydroxylation sites is 1. The minimum absolute atomic E-state index is 0.170. The van der Waals surface area contributed by atoms with E-state index in [1.165, 1.54) is 10.9 Å². The first kappa shape index (κ1) is 14.4. The Bertz CT molecular complexity index is 614. The number of aryl methyl sites for hydroxylation is 1. The number of ether oxygens (including phenoxy) is 1. The molecule has 0 saturated heterocycles. The fraction of sp³-hybridized carbons (Fsp3) is 0.438. The van der Waals surface area contributed by atoms with E-state index in [2.05, 4.69) is 43.2 Å². The van der Waals surface area contributed by atoms with Gasteiger partial charge in [0.15, 0.2) is 0 Å². The third-order valence-corrected chi connectivity index (χ3v) is 3.52. The van der Waals surface area contributed by atoms with E-state index >= 15 is 0 Å². The van der Waals surface area contributed by atoms with Gasteiger partial charge in [-0.3, -0.25) is 0 Å². The summed E-state index contributed by atoms with van der Waals surface area (Å²) in [5, 5.41) is 4.04. The molecule has 4 nitrogen and oxygen atoms in total. The van der Waals surface area contributed by atoms with E-state index < -0.39 is 0 Å². The predicted molar refractivity (Wildman–Crippen MR) is 81.1 cm³/mol. The van der Waals surface area contributed by atoms with E-state index in [0.717, 1.165) is 11.2 Å². The first-order valence-electron chi connectivity index (χ1n) is 6.94. The van der Waals surface area contributed by atoms with E-state index in [-0.39, 0.29) is 11.5 Å². The van der Waals surface area contributed by atoms with Crippen molar-refractivity contribution >= 4 is 17.0 Å². The monoisotopic (exact) mass is 274 g/mol. The Labute approximate surface area is 119 Å². The van der Waals surface area contributed by atoms with Crippen molar-refractivity contribution in [1.82, 2.24) is 10.3 Å². The van der Waals surface area contributed by atoms with Crippen LogP contribution in [0.25, 0.3) is 10.9 Å². The Hall–Kier alpha value is -1.97. The highest BCUT2D eigenvalue weighted by atomic mass is 16.5. The maximum absolute atomic E-state index is 11.5. The zero-order valence-electron chi connectivity index (χ0n) is 12.5. The third kappa shape index (κ3) is 2.79. The molecule has 0 atom stereocenters. The quantitative estimate of drug-likeness (QED) is 0.896. The average molecular weight is 274 g/mol. The SMILES string of the molecule is CCOC(=O)NCC(C)(C)c1c(C)[nH]c2ccccc12. The van der Waals surface area contributed by atoms with Crippen molar-refractivity contribution in [2.75, 3.05) is 13.2 Å². The van der Waals surface area contributed by atoms with E-state index in [1.54, 1.807) is 6.92 Å². The summed E-state index contributed by atoms with van der Waals surface area (Å²) < 4.78 is 4.91. The minimum atomic E-state index is -0.363. The lowest BCUT2D eigenvalue weighted by Crippen LogP contribution is -2.37. The van der Waals surface area contributed by atoms with Crippen LogP contribution in [0.1, 0.15) is 32.0 Å². The number of carbonyl (C=O) groups is 1. The van der Waals surface area contributed by atoms with Gasteiger partial charge < -0.3 is 15.0 Å². The Balaban J connectivity index is 2.27. The van der Waals surface area contributed by atoms with E-state index in [0.29, 0.717) is 13.2 Å². The van der Waals surface area contributed by atoms with Crippen molar-refractivity contribution in [2.45, 2.75) is 33.1 Å². The first-order chi connectivity index (χ1) is 9.45. The molecule has 108 valence electrons. The van der Waals surface area contributed by atoms with Gasteiger partial charge in [-0.2, -0.15) is 0 Å². The van der Waals surface area contributed by atoms with Crippen LogP contribution in [0.5, 0.6) is 0 Å². The molecule has 20 heavy (non-hydrogen) atoms. The molecular weight excluding hydrogens is 252 g/mol. The summed E-state index contributed by atoms with van der Waals surface area (Å²) in [6, 6.07) is 8.24. The average Bonchev–Trinajstić information content (AvgIpc) is 2.73. The highest BCUT2D eigenvalue weighted by Gasteiger charge is 2.27. The van der Waals surface area contributed by atoms with Crippen molar-refractivity contribution < 1.29 is 9.53 Å². The predicted octanol–water partition coefficient (Wildman–Crippen LogP) is 3.50. The van der Waals surface area contributed by atoms with Gasteiger partial charge in [-0.05, 0) is 25.5 Å². The number of fused-ring (bicyclic) bond motifs is 1. The van der Waals surface area contributed by atoms with Crippen LogP contribution >= 0.6 is 0 Å². The number of aromatic amines is 1. The van der Waals surface area contributed by atoms with Gasteiger partial charge in [0.05, 0.1) is 6.61 Å². The molecule has 0 aliphatic carbocycles. The molecule has 2 rings (SSSR count). The Morgan fingerprint density at radius 3 is 2.75 bits per heavy atom. The summed E-state index contributed by atoms with van der Waals surface area (Å²) in [5.74, 6) is 0. The number of aromatic nitrogens is 1. The van der Waals surface area contributed by atoms with Gasteiger partial charge in [0.25, 0.3) is 0 Å². The van der Waals surface area contributed by atoms with Crippen LogP contribution in [-0.4, -0.2) is 24.2 Å². The van der Waals surface area contributed by atoms with E-state index in [4.69, 9.17) is 4.74 Å². The Morgan fingerprint density at radius 1 is 1.35 bits per heavy atom. The van der Waals surface area contributed by atoms with Gasteiger partial charge in [0.1, 0.15) is 0 Å². The first-order valence-corrected chi connectivity index (χ1v) is 6.94. The lowest BCUT2D eigenvalue weighted by Gasteiger charge is -2.26. The summed E-state index contributed by atoms with van der Waals surface area (Å²) in [4.78, 5) is 14.9. The standard InChI is InChI=1S/C16H22N2O2/c1-5-20-15(19)17-10-16(3,4)14-11(2)18-13-9-7-6-8-12(13)14/h6-9,18H,5,10H2,1-4H3,(H,17,19). The molecule has 0 saturated carbocycles. The van der Waals surface area contributed by atoms with Crippen molar-refractivity contribution in [1.29, 1.82) is 0 Å². The van der Waals surface area contributed by atoms with Crippen LogP contribution in [0.2, 0.25) is 0 Å². The molecule has 0 bridgehead atoms. The van der Waals surface area contributed by atoms with Gasteiger partial charge >= 0.3 is 6.09 Å². The maximum Gasteiger partial charge on any atom is 0.407 e. The van der Waals surface area contributed by atoms with E-state index in [1.807, 2.05) is 12.1 Å². The molecule has 2 aromatic rings. The van der Waals surface area contributed by atoms with Crippen molar-refractivity contribution in [2.24, 2.45) is 0 Å². The summed E-state index contributed by atoms with van der Waals surface area (Å²) in [6.07, 6.45) is -0.363. The Morgan fingerprint density at radius 2 is 2.05 bits per heavy atom. The summed E-state index contributed by atoms with van der Waals surface area (Å²) in [6.45, 7) is 9.05. The lowest BCUT2D eigenvalue weighted by atomic mass is 9.82. The topological polar surface area (TPSA) is 54.1 Å². The zero-order valence-corrected chi connectivity index (χ0v) is 12.5. The minimum Gasteiger partial charge on any atom is -0.450 e. The van der Waals surface area contributed by atoms with Gasteiger partial charge in [-0.15, -0.1) is 0 Å². The Kier molecular flexibility index (Phi) is 4.02. The second-order valence-electron chi connectivity index (χ2n) is 5.63. The number of hydrogen-bond acceptors (Lipinski definition) is 2. The number of benzene rings is 1. The van der Waals surface area contributed by atoms with Gasteiger partial charge in [0.2, 0.25) is 0 Å². The normalized spacial score (nSPS) is 11.6. The molecule has 1 amide bonds. The van der Waals surface area contributed by atoms with Crippen molar-refractivity contribution in [3.8, 4) is 0 Å². The lowest BCUT2D eigenvalue weighted by molar-refractivity contribution is 0.150. The smallest absolute Gasteiger partial charge is 0.407 e. The molecule has 0 radical (unpaired) electrons. The summed E-state index contributed by atoms with van der Waals surface area (Å²) >= 11 is 0. The zero-order chi connectivity index (χ0) is 14.8. The number of carbonyl (C=O) groups excluding carboxylic acids is 1. The molecule has 4 heteroatoms. The number of nitrogens with one attached hydrogen (secondary N) is 2. The fourth-order valence-electron chi connectivity index (χ4n) is 2.71. The summed E-state index contributed by atoms with van der Waals surface area (Å²) in [5.41, 5.74) is 3.34. The maximum atomic E-state index is 11.5. The number of hydrogen-bond donors (Lipinski definition) is 2. The van der Waals surface area contributed by atoms with Crippen molar-refractivity contribution in [3.05, 3.63) is 35.5 Å². The molecule has 1 aromatic heterocycles. The molecule has 0 aliphatic rings. The summed E-state index contributed by atoms with van der Waals surface area (Å²) in [7, 11) is 0. The van der Waals surface area contributed by atoms with Crippen LogP contribution in [-0.2, 0) is 10.2 Å². The molecule has 0 spiro atoms. The van der Waals surface area contributed by atoms with Gasteiger partial charge in [-0.25, -0.2) is 4.79 Å². The molecule has 0 aliphatic heterocycles. The van der Waals surface area contributed by atoms with Crippen LogP contribution in [0.3, 0.4) is 0 Å². The van der Waals surface area contributed by atoms with Crippen LogP contribution in [0, 0.1) is 6.92 Å². The number of rotatable bonds is 4. The van der Waals surface area contributed by atoms with Crippen molar-refractivity contribution in [3.63, 3.8) is 0 Å². The number of amides is 1. The second-order valence-corrected chi connectivity index (χ2v) is 5.63. The molecule has 2 N–H and O–H groups in total. The van der Waals surface area contributed by atoms with Gasteiger partial charge in [0, 0.05) is 28.6 Å². The molecule has 0 fully saturated rings. The van der Waals surface area contributed by atoms with Crippen LogP contribution < -0.4 is 5.32 Å². The highest BCUT2D eigenvalue weighted by Crippen LogP contribution is 2.32. The molecule has 1 heterocycles. The number of alkyl carbamates (subject to hydrolysis) is 1. The molecule has 0 unspecified atom stereocenters. The number of H-pyrrole nitrogens is 1. The third-order valence-electron chi connectivity index (χ3n) is 3.52. The fourth-order valence-corrected chi connectivity index (χ4v) is 2.71. The molecular formula is C16H22N2O2. The second kappa shape index (κ2) is 5.57. The highest BCUT2D eigenvalue weighted by molar-refractivity contribution is 5.85. The van der Waals surface area contributed by atoms with Crippen LogP contribution in [0.4, 0.5) is 4.79 Å².